The van der Waals surface area contributed by atoms with E-state index >= 15 is 0 Å². The van der Waals surface area contributed by atoms with E-state index in [-0.39, 0.29) is 23.5 Å². The van der Waals surface area contributed by atoms with Crippen molar-refractivity contribution >= 4 is 22.2 Å². The van der Waals surface area contributed by atoms with Gasteiger partial charge in [0.25, 0.3) is 5.91 Å². The van der Waals surface area contributed by atoms with Crippen LogP contribution in [0, 0.1) is 0 Å². The number of nitrogens with zero attached hydrogens (tertiary/aromatic N) is 1. The minimum absolute atomic E-state index is 0.123. The third-order valence-corrected chi connectivity index (χ3v) is 7.51. The number of benzene rings is 1. The van der Waals surface area contributed by atoms with E-state index in [2.05, 4.69) is 15.0 Å². The molecule has 180 valence electrons. The molecule has 1 aliphatic carbocycles. The Bertz CT molecular complexity index is 1110. The van der Waals surface area contributed by atoms with Gasteiger partial charge in [0, 0.05) is 23.5 Å². The van der Waals surface area contributed by atoms with Crippen LogP contribution in [0.5, 0.6) is 5.75 Å². The van der Waals surface area contributed by atoms with Crippen molar-refractivity contribution in [3.63, 3.8) is 0 Å². The molecule has 1 N–H and O–H groups in total. The number of hydrogen-bond acceptors (Lipinski definition) is 6. The summed E-state index contributed by atoms with van der Waals surface area (Å²) in [5.41, 5.74) is 3.34. The summed E-state index contributed by atoms with van der Waals surface area (Å²) in [6.07, 6.45) is 5.64. The summed E-state index contributed by atoms with van der Waals surface area (Å²) in [4.78, 5) is 16.5. The molecule has 0 spiro atoms. The molecular formula is C25H26F2N2O4S. The Morgan fingerprint density at radius 3 is 2.56 bits per heavy atom. The molecule has 1 saturated heterocycles. The molecule has 1 amide bonds. The first kappa shape index (κ1) is 23.0. The molecule has 0 saturated carbocycles. The number of halogens is 2. The number of carbonyl (C=O) groups is 1. The predicted octanol–water partition coefficient (Wildman–Crippen LogP) is 5.50. The van der Waals surface area contributed by atoms with Gasteiger partial charge in [-0.2, -0.15) is 8.78 Å². The third-order valence-electron chi connectivity index (χ3n) is 6.29. The molecule has 2 aliphatic rings. The molecule has 0 bridgehead atoms. The Morgan fingerprint density at radius 2 is 1.85 bits per heavy atom. The van der Waals surface area contributed by atoms with Gasteiger partial charge in [0.05, 0.1) is 25.5 Å². The van der Waals surface area contributed by atoms with Gasteiger partial charge in [-0.3, -0.25) is 9.69 Å². The van der Waals surface area contributed by atoms with Crippen LogP contribution in [0.1, 0.15) is 51.0 Å². The van der Waals surface area contributed by atoms with Gasteiger partial charge in [-0.25, -0.2) is 0 Å². The second kappa shape index (κ2) is 10.2. The molecule has 1 aromatic carbocycles. The molecule has 9 heteroatoms. The van der Waals surface area contributed by atoms with Gasteiger partial charge in [0.2, 0.25) is 0 Å². The van der Waals surface area contributed by atoms with Gasteiger partial charge in [-0.1, -0.05) is 12.1 Å². The first-order valence-electron chi connectivity index (χ1n) is 11.5. The summed E-state index contributed by atoms with van der Waals surface area (Å²) in [7, 11) is 0. The van der Waals surface area contributed by atoms with Crippen LogP contribution < -0.4 is 10.1 Å². The first-order chi connectivity index (χ1) is 16.6. The number of morpholine rings is 1. The Hall–Kier alpha value is -2.75. The molecule has 3 heterocycles. The van der Waals surface area contributed by atoms with Gasteiger partial charge in [0.1, 0.15) is 10.8 Å². The number of fused-ring (bicyclic) bond motifs is 1. The van der Waals surface area contributed by atoms with Crippen LogP contribution >= 0.6 is 11.3 Å². The van der Waals surface area contributed by atoms with Crippen LogP contribution in [0.25, 0.3) is 0 Å². The number of nitrogens with one attached hydrogen (secondary N) is 1. The standard InChI is InChI=1S/C25H26F2N2O4S/c26-25(27)33-17-9-7-16(8-10-17)22(29-11-14-31-15-12-29)21-18-4-1-2-6-20(18)34-24(21)28-23(30)19-5-3-13-32-19/h3,5,7-10,13,22,25H,1-2,4,6,11-12,14-15H2,(H,28,30)/t22-/m1/s1. The van der Waals surface area contributed by atoms with Crippen LogP contribution in [0.2, 0.25) is 0 Å². The quantitative estimate of drug-likeness (QED) is 0.476. The Balaban J connectivity index is 1.57. The molecule has 0 unspecified atom stereocenters. The number of rotatable bonds is 7. The summed E-state index contributed by atoms with van der Waals surface area (Å²) in [6.45, 7) is -0.174. The van der Waals surface area contributed by atoms with E-state index in [0.717, 1.165) is 54.9 Å². The number of thiophene rings is 1. The zero-order chi connectivity index (χ0) is 23.5. The van der Waals surface area contributed by atoms with Crippen LogP contribution in [-0.2, 0) is 17.6 Å². The van der Waals surface area contributed by atoms with Crippen molar-refractivity contribution in [3.05, 3.63) is 70.0 Å². The predicted molar refractivity (Wildman–Crippen MR) is 125 cm³/mol. The SMILES string of the molecule is O=C(Nc1sc2c(c1[C@@H](c1ccc(OC(F)F)cc1)N1CCOCC1)CCCC2)c1ccco1. The first-order valence-corrected chi connectivity index (χ1v) is 12.3. The summed E-state index contributed by atoms with van der Waals surface area (Å²) in [5.74, 6) is 0.0955. The lowest BCUT2D eigenvalue weighted by atomic mass is 9.88. The van der Waals surface area contributed by atoms with Crippen LogP contribution in [0.15, 0.2) is 47.1 Å². The maximum atomic E-state index is 12.9. The molecule has 2 aromatic heterocycles. The Labute approximate surface area is 200 Å². The van der Waals surface area contributed by atoms with Crippen LogP contribution in [-0.4, -0.2) is 43.7 Å². The van der Waals surface area contributed by atoms with E-state index in [9.17, 15) is 13.6 Å². The summed E-state index contributed by atoms with van der Waals surface area (Å²) >= 11 is 1.63. The highest BCUT2D eigenvalue weighted by Crippen LogP contribution is 2.46. The molecule has 6 nitrogen and oxygen atoms in total. The van der Waals surface area contributed by atoms with Crippen molar-refractivity contribution in [2.75, 3.05) is 31.6 Å². The van der Waals surface area contributed by atoms with Crippen molar-refractivity contribution in [1.82, 2.24) is 4.90 Å². The Kier molecular flexibility index (Phi) is 6.94. The van der Waals surface area contributed by atoms with Crippen molar-refractivity contribution in [3.8, 4) is 5.75 Å². The van der Waals surface area contributed by atoms with E-state index < -0.39 is 6.61 Å². The summed E-state index contributed by atoms with van der Waals surface area (Å²) < 4.78 is 40.8. The zero-order valence-corrected chi connectivity index (χ0v) is 19.4. The van der Waals surface area contributed by atoms with Crippen molar-refractivity contribution in [2.24, 2.45) is 0 Å². The molecular weight excluding hydrogens is 462 g/mol. The lowest BCUT2D eigenvalue weighted by molar-refractivity contribution is -0.0498. The molecule has 5 rings (SSSR count). The van der Waals surface area contributed by atoms with Gasteiger partial charge >= 0.3 is 6.61 Å². The molecule has 3 aromatic rings. The van der Waals surface area contributed by atoms with E-state index in [1.807, 2.05) is 12.1 Å². The molecule has 1 aliphatic heterocycles. The number of furan rings is 1. The summed E-state index contributed by atoms with van der Waals surface area (Å²) in [6, 6.07) is 10.0. The number of anilines is 1. The largest absolute Gasteiger partial charge is 0.459 e. The van der Waals surface area contributed by atoms with E-state index in [0.29, 0.717) is 13.2 Å². The van der Waals surface area contributed by atoms with Gasteiger partial charge in [-0.15, -0.1) is 11.3 Å². The summed E-state index contributed by atoms with van der Waals surface area (Å²) in [5, 5.41) is 3.92. The topological polar surface area (TPSA) is 63.9 Å². The highest BCUT2D eigenvalue weighted by molar-refractivity contribution is 7.16. The molecule has 34 heavy (non-hydrogen) atoms. The zero-order valence-electron chi connectivity index (χ0n) is 18.6. The minimum atomic E-state index is -2.87. The fraction of sp³-hybridized carbons (Fsp3) is 0.400. The lowest BCUT2D eigenvalue weighted by Crippen LogP contribution is -2.40. The van der Waals surface area contributed by atoms with Gasteiger partial charge in [-0.05, 0) is 61.1 Å². The van der Waals surface area contributed by atoms with Crippen LogP contribution in [0.4, 0.5) is 13.8 Å². The number of alkyl halides is 2. The second-order valence-corrected chi connectivity index (χ2v) is 9.49. The number of ether oxygens (including phenoxy) is 2. The van der Waals surface area contributed by atoms with E-state index in [1.54, 1.807) is 35.6 Å². The highest BCUT2D eigenvalue weighted by atomic mass is 32.1. The molecule has 1 fully saturated rings. The maximum Gasteiger partial charge on any atom is 0.387 e. The van der Waals surface area contributed by atoms with Crippen molar-refractivity contribution in [1.29, 1.82) is 0 Å². The Morgan fingerprint density at radius 1 is 1.09 bits per heavy atom. The smallest absolute Gasteiger partial charge is 0.387 e. The van der Waals surface area contributed by atoms with Gasteiger partial charge in [0.15, 0.2) is 5.76 Å². The number of hydrogen-bond donors (Lipinski definition) is 1. The normalized spacial score (nSPS) is 17.4. The number of amides is 1. The highest BCUT2D eigenvalue weighted by Gasteiger charge is 2.33. The number of aryl methyl sites for hydroxylation is 1. The average Bonchev–Trinajstić information content (AvgIpc) is 3.50. The number of carbonyl (C=O) groups excluding carboxylic acids is 1. The minimum Gasteiger partial charge on any atom is -0.459 e. The van der Waals surface area contributed by atoms with Gasteiger partial charge < -0.3 is 19.2 Å². The fourth-order valence-corrected chi connectivity index (χ4v) is 6.09. The van der Waals surface area contributed by atoms with Crippen LogP contribution in [0.3, 0.4) is 0 Å². The monoisotopic (exact) mass is 488 g/mol. The fourth-order valence-electron chi connectivity index (χ4n) is 4.77. The lowest BCUT2D eigenvalue weighted by Gasteiger charge is -2.36. The van der Waals surface area contributed by atoms with E-state index in [1.165, 1.54) is 16.7 Å². The van der Waals surface area contributed by atoms with Crippen molar-refractivity contribution < 1.29 is 27.5 Å². The van der Waals surface area contributed by atoms with Crippen molar-refractivity contribution in [2.45, 2.75) is 38.3 Å². The molecule has 0 radical (unpaired) electrons. The maximum absolute atomic E-state index is 12.9. The second-order valence-electron chi connectivity index (χ2n) is 8.38. The average molecular weight is 489 g/mol. The molecule has 1 atom stereocenters. The third kappa shape index (κ3) is 4.87. The van der Waals surface area contributed by atoms with E-state index in [4.69, 9.17) is 9.15 Å².